The SMILES string of the molecule is CNC(=O)OCc1ccc(C=O)c(OCOC)c1. The van der Waals surface area contributed by atoms with Crippen LogP contribution in [0.25, 0.3) is 0 Å². The predicted molar refractivity (Wildman–Crippen MR) is 63.6 cm³/mol. The van der Waals surface area contributed by atoms with Crippen LogP contribution < -0.4 is 10.1 Å². The quantitative estimate of drug-likeness (QED) is 0.611. The lowest BCUT2D eigenvalue weighted by molar-refractivity contribution is 0.0503. The number of carbonyl (C=O) groups is 2. The maximum Gasteiger partial charge on any atom is 0.407 e. The fourth-order valence-electron chi connectivity index (χ4n) is 1.23. The summed E-state index contributed by atoms with van der Waals surface area (Å²) in [5, 5.41) is 2.34. The molecule has 0 aliphatic heterocycles. The highest BCUT2D eigenvalue weighted by Gasteiger charge is 2.06. The van der Waals surface area contributed by atoms with Crippen molar-refractivity contribution in [3.05, 3.63) is 29.3 Å². The lowest BCUT2D eigenvalue weighted by atomic mass is 10.1. The summed E-state index contributed by atoms with van der Waals surface area (Å²) in [6.07, 6.45) is 0.169. The van der Waals surface area contributed by atoms with E-state index in [4.69, 9.17) is 14.2 Å². The van der Waals surface area contributed by atoms with E-state index in [1.54, 1.807) is 18.2 Å². The normalized spacial score (nSPS) is 9.67. The van der Waals surface area contributed by atoms with E-state index in [9.17, 15) is 9.59 Å². The highest BCUT2D eigenvalue weighted by molar-refractivity contribution is 5.79. The number of alkyl carbamates (subject to hydrolysis) is 1. The molecule has 0 heterocycles. The minimum Gasteiger partial charge on any atom is -0.467 e. The summed E-state index contributed by atoms with van der Waals surface area (Å²) in [6.45, 7) is 0.142. The molecule has 0 saturated heterocycles. The van der Waals surface area contributed by atoms with Crippen LogP contribution in [0.15, 0.2) is 18.2 Å². The second-order valence-corrected chi connectivity index (χ2v) is 3.37. The van der Waals surface area contributed by atoms with Crippen LogP contribution in [0, 0.1) is 0 Å². The lowest BCUT2D eigenvalue weighted by Gasteiger charge is -2.10. The number of ether oxygens (including phenoxy) is 3. The van der Waals surface area contributed by atoms with Crippen LogP contribution in [0.1, 0.15) is 15.9 Å². The summed E-state index contributed by atoms with van der Waals surface area (Å²) in [6, 6.07) is 4.92. The van der Waals surface area contributed by atoms with Gasteiger partial charge in [0, 0.05) is 14.2 Å². The highest BCUT2D eigenvalue weighted by atomic mass is 16.7. The zero-order valence-corrected chi connectivity index (χ0v) is 10.3. The smallest absolute Gasteiger partial charge is 0.407 e. The summed E-state index contributed by atoms with van der Waals surface area (Å²) in [7, 11) is 2.96. The third kappa shape index (κ3) is 4.06. The first-order valence-electron chi connectivity index (χ1n) is 5.25. The van der Waals surface area contributed by atoms with Crippen LogP contribution in [0.2, 0.25) is 0 Å². The maximum atomic E-state index is 10.9. The van der Waals surface area contributed by atoms with E-state index in [0.29, 0.717) is 17.6 Å². The van der Waals surface area contributed by atoms with Gasteiger partial charge in [-0.05, 0) is 17.7 Å². The van der Waals surface area contributed by atoms with Gasteiger partial charge in [-0.25, -0.2) is 4.79 Å². The zero-order valence-electron chi connectivity index (χ0n) is 10.3. The average molecular weight is 253 g/mol. The molecule has 0 saturated carbocycles. The van der Waals surface area contributed by atoms with Crippen molar-refractivity contribution in [2.24, 2.45) is 0 Å². The van der Waals surface area contributed by atoms with Gasteiger partial charge in [0.15, 0.2) is 13.1 Å². The molecule has 1 amide bonds. The van der Waals surface area contributed by atoms with Crippen molar-refractivity contribution in [2.45, 2.75) is 6.61 Å². The highest BCUT2D eigenvalue weighted by Crippen LogP contribution is 2.19. The molecule has 0 aliphatic carbocycles. The van der Waals surface area contributed by atoms with Crippen molar-refractivity contribution in [1.82, 2.24) is 5.32 Å². The van der Waals surface area contributed by atoms with Crippen LogP contribution in [-0.2, 0) is 16.1 Å². The standard InChI is InChI=1S/C12H15NO5/c1-13-12(15)17-7-9-3-4-10(6-14)11(5-9)18-8-16-2/h3-6H,7-8H2,1-2H3,(H,13,15). The molecule has 0 aliphatic rings. The number of methoxy groups -OCH3 is 1. The Balaban J connectivity index is 2.75. The van der Waals surface area contributed by atoms with Gasteiger partial charge in [0.25, 0.3) is 0 Å². The van der Waals surface area contributed by atoms with E-state index in [-0.39, 0.29) is 13.4 Å². The fraction of sp³-hybridized carbons (Fsp3) is 0.333. The minimum absolute atomic E-state index is 0.0423. The molecule has 0 spiro atoms. The first-order valence-corrected chi connectivity index (χ1v) is 5.25. The number of rotatable bonds is 6. The first-order chi connectivity index (χ1) is 8.71. The molecule has 0 atom stereocenters. The van der Waals surface area contributed by atoms with Crippen LogP contribution in [0.3, 0.4) is 0 Å². The van der Waals surface area contributed by atoms with Gasteiger partial charge in [-0.15, -0.1) is 0 Å². The number of benzene rings is 1. The summed E-state index contributed by atoms with van der Waals surface area (Å²) in [5.41, 5.74) is 1.13. The van der Waals surface area contributed by atoms with E-state index in [1.807, 2.05) is 0 Å². The predicted octanol–water partition coefficient (Wildman–Crippen LogP) is 1.34. The van der Waals surface area contributed by atoms with Gasteiger partial charge >= 0.3 is 6.09 Å². The largest absolute Gasteiger partial charge is 0.467 e. The summed E-state index contributed by atoms with van der Waals surface area (Å²) in [4.78, 5) is 21.7. The van der Waals surface area contributed by atoms with Crippen LogP contribution in [0.4, 0.5) is 4.79 Å². The molecule has 1 N–H and O–H groups in total. The van der Waals surface area contributed by atoms with Crippen molar-refractivity contribution in [3.63, 3.8) is 0 Å². The van der Waals surface area contributed by atoms with Crippen molar-refractivity contribution in [3.8, 4) is 5.75 Å². The lowest BCUT2D eigenvalue weighted by Crippen LogP contribution is -2.18. The molecule has 0 fully saturated rings. The van der Waals surface area contributed by atoms with Gasteiger partial charge in [0.05, 0.1) is 5.56 Å². The molecular weight excluding hydrogens is 238 g/mol. The van der Waals surface area contributed by atoms with Crippen molar-refractivity contribution < 1.29 is 23.8 Å². The summed E-state index contributed by atoms with van der Waals surface area (Å²) >= 11 is 0. The molecule has 0 unspecified atom stereocenters. The molecule has 1 aromatic rings. The molecule has 0 bridgehead atoms. The number of hydrogen-bond donors (Lipinski definition) is 1. The molecule has 1 rings (SSSR count). The number of carbonyl (C=O) groups excluding carboxylic acids is 2. The zero-order chi connectivity index (χ0) is 13.4. The monoisotopic (exact) mass is 253 g/mol. The van der Waals surface area contributed by atoms with E-state index in [1.165, 1.54) is 14.2 Å². The number of nitrogens with one attached hydrogen (secondary N) is 1. The third-order valence-corrected chi connectivity index (χ3v) is 2.11. The topological polar surface area (TPSA) is 73.9 Å². The molecule has 0 radical (unpaired) electrons. The van der Waals surface area contributed by atoms with Crippen molar-refractivity contribution in [2.75, 3.05) is 21.0 Å². The van der Waals surface area contributed by atoms with E-state index < -0.39 is 6.09 Å². The Morgan fingerprint density at radius 1 is 1.44 bits per heavy atom. The van der Waals surface area contributed by atoms with Gasteiger partial charge < -0.3 is 19.5 Å². The second-order valence-electron chi connectivity index (χ2n) is 3.37. The van der Waals surface area contributed by atoms with Crippen LogP contribution in [0.5, 0.6) is 5.75 Å². The molecule has 1 aromatic carbocycles. The number of amides is 1. The third-order valence-electron chi connectivity index (χ3n) is 2.11. The molecule has 18 heavy (non-hydrogen) atoms. The summed E-state index contributed by atoms with van der Waals surface area (Å²) < 4.78 is 14.9. The number of hydrogen-bond acceptors (Lipinski definition) is 5. The first kappa shape index (κ1) is 14.0. The molecule has 6 heteroatoms. The van der Waals surface area contributed by atoms with Crippen molar-refractivity contribution in [1.29, 1.82) is 0 Å². The van der Waals surface area contributed by atoms with Gasteiger partial charge in [-0.1, -0.05) is 6.07 Å². The molecule has 0 aromatic heterocycles. The Morgan fingerprint density at radius 2 is 2.22 bits per heavy atom. The van der Waals surface area contributed by atoms with Gasteiger partial charge in [0.1, 0.15) is 12.4 Å². The van der Waals surface area contributed by atoms with Crippen molar-refractivity contribution >= 4 is 12.4 Å². The van der Waals surface area contributed by atoms with Gasteiger partial charge in [-0.2, -0.15) is 0 Å². The van der Waals surface area contributed by atoms with Crippen LogP contribution >= 0.6 is 0 Å². The van der Waals surface area contributed by atoms with E-state index in [2.05, 4.69) is 5.32 Å². The Hall–Kier alpha value is -2.08. The van der Waals surface area contributed by atoms with E-state index in [0.717, 1.165) is 5.56 Å². The Labute approximate surface area is 105 Å². The second kappa shape index (κ2) is 7.29. The molecular formula is C12H15NO5. The average Bonchev–Trinajstić information content (AvgIpc) is 2.42. The van der Waals surface area contributed by atoms with E-state index >= 15 is 0 Å². The fourth-order valence-corrected chi connectivity index (χ4v) is 1.23. The molecule has 6 nitrogen and oxygen atoms in total. The maximum absolute atomic E-state index is 10.9. The number of aldehydes is 1. The summed E-state index contributed by atoms with van der Waals surface area (Å²) in [5.74, 6) is 0.393. The minimum atomic E-state index is -0.520. The van der Waals surface area contributed by atoms with Gasteiger partial charge in [0.2, 0.25) is 0 Å². The van der Waals surface area contributed by atoms with Crippen LogP contribution in [-0.4, -0.2) is 33.3 Å². The Bertz CT molecular complexity index is 419. The Kier molecular flexibility index (Phi) is 5.66. The van der Waals surface area contributed by atoms with Gasteiger partial charge in [-0.3, -0.25) is 4.79 Å². The Morgan fingerprint density at radius 3 is 2.83 bits per heavy atom. The molecule has 98 valence electrons.